The van der Waals surface area contributed by atoms with E-state index in [1.807, 2.05) is 19.2 Å². The molecule has 0 spiro atoms. The fraction of sp³-hybridized carbons (Fsp3) is 0.667. The van der Waals surface area contributed by atoms with Crippen LogP contribution in [0.2, 0.25) is 0 Å². The fourth-order valence-electron chi connectivity index (χ4n) is 2.48. The van der Waals surface area contributed by atoms with E-state index >= 15 is 0 Å². The predicted octanol–water partition coefficient (Wildman–Crippen LogP) is 1.66. The van der Waals surface area contributed by atoms with Crippen LogP contribution in [-0.2, 0) is 16.0 Å². The molecule has 1 aliphatic heterocycles. The number of carboxylic acid groups (broad SMARTS) is 1. The lowest BCUT2D eigenvalue weighted by Gasteiger charge is -2.30. The van der Waals surface area contributed by atoms with Crippen LogP contribution < -0.4 is 5.73 Å². The Labute approximate surface area is 134 Å². The number of amides is 1. The lowest BCUT2D eigenvalue weighted by molar-refractivity contribution is -0.145. The van der Waals surface area contributed by atoms with E-state index in [1.165, 1.54) is 11.3 Å². The lowest BCUT2D eigenvalue weighted by Crippen LogP contribution is -2.41. The molecule has 22 heavy (non-hydrogen) atoms. The number of likely N-dealkylation sites (tertiary alicyclic amines) is 1. The number of rotatable bonds is 5. The molecule has 1 atom stereocenters. The number of carbonyl (C=O) groups excluding carboxylic acids is 1. The van der Waals surface area contributed by atoms with Crippen molar-refractivity contribution in [3.05, 3.63) is 16.1 Å². The number of hydrogen-bond donors (Lipinski definition) is 2. The molecule has 2 rings (SSSR count). The number of aromatic nitrogens is 1. The van der Waals surface area contributed by atoms with Gasteiger partial charge in [-0.1, -0.05) is 13.8 Å². The molecule has 0 aliphatic carbocycles. The van der Waals surface area contributed by atoms with Crippen molar-refractivity contribution < 1.29 is 14.7 Å². The maximum absolute atomic E-state index is 12.3. The van der Waals surface area contributed by atoms with Gasteiger partial charge in [0.1, 0.15) is 5.01 Å². The van der Waals surface area contributed by atoms with Crippen LogP contribution in [0.5, 0.6) is 0 Å². The van der Waals surface area contributed by atoms with Crippen molar-refractivity contribution in [1.29, 1.82) is 0 Å². The zero-order valence-electron chi connectivity index (χ0n) is 13.0. The summed E-state index contributed by atoms with van der Waals surface area (Å²) in [7, 11) is 0. The quantitative estimate of drug-likeness (QED) is 0.858. The van der Waals surface area contributed by atoms with Gasteiger partial charge in [-0.05, 0) is 18.8 Å². The molecule has 0 radical (unpaired) electrons. The third-order valence-corrected chi connectivity index (χ3v) is 5.10. The number of aliphatic carboxylic acids is 1. The molecule has 3 N–H and O–H groups in total. The first-order valence-corrected chi connectivity index (χ1v) is 8.47. The maximum Gasteiger partial charge on any atom is 0.306 e. The Morgan fingerprint density at radius 3 is 2.64 bits per heavy atom. The SMILES string of the molecule is CC(C)C(N)c1nc(CC(=O)N2CCC(C(=O)O)CC2)cs1. The Kier molecular flexibility index (Phi) is 5.52. The molecule has 1 unspecified atom stereocenters. The van der Waals surface area contributed by atoms with Crippen LogP contribution in [-0.4, -0.2) is 40.0 Å². The highest BCUT2D eigenvalue weighted by molar-refractivity contribution is 7.09. The van der Waals surface area contributed by atoms with E-state index in [1.54, 1.807) is 4.90 Å². The lowest BCUT2D eigenvalue weighted by atomic mass is 9.97. The highest BCUT2D eigenvalue weighted by atomic mass is 32.1. The van der Waals surface area contributed by atoms with E-state index in [0.717, 1.165) is 10.7 Å². The van der Waals surface area contributed by atoms with Crippen molar-refractivity contribution >= 4 is 23.2 Å². The van der Waals surface area contributed by atoms with Gasteiger partial charge in [-0.15, -0.1) is 11.3 Å². The second-order valence-corrected chi connectivity index (χ2v) is 7.01. The van der Waals surface area contributed by atoms with Gasteiger partial charge in [-0.2, -0.15) is 0 Å². The van der Waals surface area contributed by atoms with Gasteiger partial charge in [0.2, 0.25) is 5.91 Å². The zero-order chi connectivity index (χ0) is 16.3. The summed E-state index contributed by atoms with van der Waals surface area (Å²) in [5.74, 6) is -0.763. The molecule has 0 saturated carbocycles. The van der Waals surface area contributed by atoms with Crippen LogP contribution in [0.25, 0.3) is 0 Å². The smallest absolute Gasteiger partial charge is 0.306 e. The van der Waals surface area contributed by atoms with Crippen LogP contribution in [0.15, 0.2) is 5.38 Å². The third kappa shape index (κ3) is 4.04. The molecule has 1 amide bonds. The molecule has 122 valence electrons. The molecule has 7 heteroatoms. The van der Waals surface area contributed by atoms with Crippen molar-refractivity contribution in [2.45, 2.75) is 39.2 Å². The number of hydrogen-bond acceptors (Lipinski definition) is 5. The summed E-state index contributed by atoms with van der Waals surface area (Å²) < 4.78 is 0. The van der Waals surface area contributed by atoms with E-state index in [0.29, 0.717) is 31.8 Å². The Balaban J connectivity index is 1.89. The number of carbonyl (C=O) groups is 2. The van der Waals surface area contributed by atoms with Crippen molar-refractivity contribution in [2.24, 2.45) is 17.6 Å². The summed E-state index contributed by atoms with van der Waals surface area (Å²) in [5.41, 5.74) is 6.82. The number of piperidine rings is 1. The summed E-state index contributed by atoms with van der Waals surface area (Å²) in [6.45, 7) is 5.11. The summed E-state index contributed by atoms with van der Waals surface area (Å²) >= 11 is 1.49. The first kappa shape index (κ1) is 16.9. The summed E-state index contributed by atoms with van der Waals surface area (Å²) in [5, 5.41) is 11.7. The van der Waals surface area contributed by atoms with Crippen molar-refractivity contribution in [1.82, 2.24) is 9.88 Å². The molecule has 0 aromatic carbocycles. The number of thiazole rings is 1. The van der Waals surface area contributed by atoms with Crippen molar-refractivity contribution in [3.8, 4) is 0 Å². The van der Waals surface area contributed by atoms with Crippen LogP contribution in [0, 0.1) is 11.8 Å². The van der Waals surface area contributed by atoms with Crippen LogP contribution in [0.3, 0.4) is 0 Å². The highest BCUT2D eigenvalue weighted by Gasteiger charge is 2.27. The van der Waals surface area contributed by atoms with Crippen molar-refractivity contribution in [2.75, 3.05) is 13.1 Å². The first-order chi connectivity index (χ1) is 10.4. The molecule has 1 aromatic rings. The predicted molar refractivity (Wildman–Crippen MR) is 84.5 cm³/mol. The second-order valence-electron chi connectivity index (χ2n) is 6.12. The Morgan fingerprint density at radius 1 is 1.45 bits per heavy atom. The first-order valence-electron chi connectivity index (χ1n) is 7.59. The number of nitrogens with zero attached hydrogens (tertiary/aromatic N) is 2. The zero-order valence-corrected chi connectivity index (χ0v) is 13.8. The second kappa shape index (κ2) is 7.19. The maximum atomic E-state index is 12.3. The largest absolute Gasteiger partial charge is 0.481 e. The topological polar surface area (TPSA) is 96.5 Å². The third-order valence-electron chi connectivity index (χ3n) is 4.10. The Hall–Kier alpha value is -1.47. The Morgan fingerprint density at radius 2 is 2.09 bits per heavy atom. The molecule has 1 fully saturated rings. The highest BCUT2D eigenvalue weighted by Crippen LogP contribution is 2.23. The minimum Gasteiger partial charge on any atom is -0.481 e. The standard InChI is InChI=1S/C15H23N3O3S/c1-9(2)13(16)14-17-11(8-22-14)7-12(19)18-5-3-10(4-6-18)15(20)21/h8-10,13H,3-7,16H2,1-2H3,(H,20,21). The molecular weight excluding hydrogens is 302 g/mol. The average molecular weight is 325 g/mol. The van der Waals surface area contributed by atoms with Gasteiger partial charge >= 0.3 is 5.97 Å². The van der Waals surface area contributed by atoms with E-state index in [4.69, 9.17) is 10.8 Å². The van der Waals surface area contributed by atoms with Gasteiger partial charge in [0, 0.05) is 18.5 Å². The van der Waals surface area contributed by atoms with E-state index in [9.17, 15) is 9.59 Å². The summed E-state index contributed by atoms with van der Waals surface area (Å²) in [6, 6.07) is -0.0971. The van der Waals surface area contributed by atoms with Gasteiger partial charge < -0.3 is 15.7 Å². The van der Waals surface area contributed by atoms with E-state index in [-0.39, 0.29) is 24.3 Å². The normalized spacial score (nSPS) is 17.7. The van der Waals surface area contributed by atoms with E-state index < -0.39 is 5.97 Å². The summed E-state index contributed by atoms with van der Waals surface area (Å²) in [6.07, 6.45) is 1.32. The minimum atomic E-state index is -0.765. The molecule has 6 nitrogen and oxygen atoms in total. The fourth-order valence-corrected chi connectivity index (χ4v) is 3.48. The van der Waals surface area contributed by atoms with Crippen LogP contribution >= 0.6 is 11.3 Å². The van der Waals surface area contributed by atoms with Gasteiger partial charge in [0.05, 0.1) is 24.1 Å². The minimum absolute atomic E-state index is 0.0128. The Bertz CT molecular complexity index is 536. The molecule has 0 bridgehead atoms. The summed E-state index contributed by atoms with van der Waals surface area (Å²) in [4.78, 5) is 29.4. The monoisotopic (exact) mass is 325 g/mol. The number of carboxylic acids is 1. The van der Waals surface area contributed by atoms with Crippen molar-refractivity contribution in [3.63, 3.8) is 0 Å². The van der Waals surface area contributed by atoms with Gasteiger partial charge in [0.25, 0.3) is 0 Å². The number of nitrogens with two attached hydrogens (primary N) is 1. The van der Waals surface area contributed by atoms with Gasteiger partial charge in [-0.3, -0.25) is 9.59 Å². The van der Waals surface area contributed by atoms with Gasteiger partial charge in [-0.25, -0.2) is 4.98 Å². The molecule has 1 saturated heterocycles. The molecule has 1 aromatic heterocycles. The average Bonchev–Trinajstić information content (AvgIpc) is 2.94. The van der Waals surface area contributed by atoms with E-state index in [2.05, 4.69) is 4.98 Å². The van der Waals surface area contributed by atoms with Gasteiger partial charge in [0.15, 0.2) is 0 Å². The van der Waals surface area contributed by atoms with Crippen LogP contribution in [0.4, 0.5) is 0 Å². The molecule has 1 aliphatic rings. The van der Waals surface area contributed by atoms with Crippen LogP contribution in [0.1, 0.15) is 43.4 Å². The molecular formula is C15H23N3O3S. The molecule has 2 heterocycles.